The number of rotatable bonds is 8. The van der Waals surface area contributed by atoms with Crippen LogP contribution in [0.1, 0.15) is 31.1 Å². The van der Waals surface area contributed by atoms with Gasteiger partial charge in [-0.25, -0.2) is 13.8 Å². The fraction of sp³-hybridized carbons (Fsp3) is 0.476. The van der Waals surface area contributed by atoms with E-state index in [1.807, 2.05) is 16.7 Å². The Kier molecular flexibility index (Phi) is 9.65. The van der Waals surface area contributed by atoms with Gasteiger partial charge in [-0.1, -0.05) is 6.92 Å². The Morgan fingerprint density at radius 2 is 1.88 bits per heavy atom. The third kappa shape index (κ3) is 6.81. The number of hydrogen-bond donors (Lipinski definition) is 2. The van der Waals surface area contributed by atoms with Crippen LogP contribution in [0.25, 0.3) is 0 Å². The third-order valence-electron chi connectivity index (χ3n) is 5.25. The number of Topliss-reactive ketones (excluding diaryl/α,β-unsaturated/α-hetero) is 1. The van der Waals surface area contributed by atoms with Crippen LogP contribution in [0.3, 0.4) is 0 Å². The summed E-state index contributed by atoms with van der Waals surface area (Å²) in [5, 5.41) is 4.18. The Balaban J connectivity index is 2.24. The van der Waals surface area contributed by atoms with Gasteiger partial charge in [0.25, 0.3) is 0 Å². The van der Waals surface area contributed by atoms with Gasteiger partial charge in [0.05, 0.1) is 11.3 Å². The van der Waals surface area contributed by atoms with Gasteiger partial charge in [-0.2, -0.15) is 12.7 Å². The van der Waals surface area contributed by atoms with E-state index >= 15 is 0 Å². The van der Waals surface area contributed by atoms with E-state index in [0.717, 1.165) is 42.6 Å². The molecule has 0 bridgehead atoms. The van der Waals surface area contributed by atoms with Crippen LogP contribution in [0.2, 0.25) is 0 Å². The Hall–Kier alpha value is -2.90. The van der Waals surface area contributed by atoms with Crippen molar-refractivity contribution in [2.75, 3.05) is 51.5 Å². The van der Waals surface area contributed by atoms with E-state index in [4.69, 9.17) is 0 Å². The molecule has 0 saturated carbocycles. The van der Waals surface area contributed by atoms with Gasteiger partial charge in [-0.15, -0.1) is 5.10 Å². The highest BCUT2D eigenvalue weighted by Gasteiger charge is 2.25. The number of aliphatic imine (C=N–C) groups is 1. The minimum atomic E-state index is -4.06. The van der Waals surface area contributed by atoms with Crippen molar-refractivity contribution in [2.45, 2.75) is 20.8 Å². The standard InChI is InChI=1S/C21H31F2N7O3S/c1-6-24-21(30-12-10-28(4)11-13-30)26-25-14-15(3)20(31)18-16(22)8-9-17(19(18)23)27-34(32,33)29(5)7-2/h6,8-9,14,25,27H,7,10-13H2,1-5H3/b15-14+,24-6?,26-21+. The second-order valence-electron chi connectivity index (χ2n) is 7.68. The summed E-state index contributed by atoms with van der Waals surface area (Å²) in [6.45, 7) is 7.99. The van der Waals surface area contributed by atoms with E-state index < -0.39 is 38.9 Å². The van der Waals surface area contributed by atoms with Crippen molar-refractivity contribution in [1.82, 2.24) is 19.5 Å². The number of nitrogens with zero attached hydrogens (tertiary/aromatic N) is 5. The van der Waals surface area contributed by atoms with Gasteiger partial charge in [0.2, 0.25) is 5.96 Å². The maximum absolute atomic E-state index is 15.0. The van der Waals surface area contributed by atoms with Crippen molar-refractivity contribution in [2.24, 2.45) is 10.1 Å². The highest BCUT2D eigenvalue weighted by molar-refractivity contribution is 7.90. The summed E-state index contributed by atoms with van der Waals surface area (Å²) in [5.41, 5.74) is 1.18. The molecule has 2 N–H and O–H groups in total. The average molecular weight is 500 g/mol. The Bertz CT molecular complexity index is 1080. The van der Waals surface area contributed by atoms with Crippen LogP contribution < -0.4 is 10.1 Å². The number of nitrogens with one attached hydrogen (secondary N) is 2. The van der Waals surface area contributed by atoms with Gasteiger partial charge < -0.3 is 9.80 Å². The van der Waals surface area contributed by atoms with E-state index in [9.17, 15) is 22.0 Å². The number of carbonyl (C=O) groups excluding carboxylic acids is 1. The number of guanidine groups is 1. The zero-order chi connectivity index (χ0) is 25.5. The number of likely N-dealkylation sites (N-methyl/N-ethyl adjacent to an activating group) is 1. The summed E-state index contributed by atoms with van der Waals surface area (Å²) in [4.78, 5) is 21.1. The van der Waals surface area contributed by atoms with E-state index in [-0.39, 0.29) is 12.1 Å². The molecule has 1 aromatic rings. The number of anilines is 1. The van der Waals surface area contributed by atoms with Crippen molar-refractivity contribution in [3.63, 3.8) is 0 Å². The topological polar surface area (TPSA) is 110 Å². The predicted molar refractivity (Wildman–Crippen MR) is 129 cm³/mol. The highest BCUT2D eigenvalue weighted by Crippen LogP contribution is 2.25. The van der Waals surface area contributed by atoms with E-state index in [0.29, 0.717) is 5.96 Å². The molecule has 1 aliphatic rings. The zero-order valence-corrected chi connectivity index (χ0v) is 20.8. The minimum absolute atomic E-state index is 0.0366. The van der Waals surface area contributed by atoms with Crippen LogP contribution in [-0.2, 0) is 10.2 Å². The van der Waals surface area contributed by atoms with Gasteiger partial charge in [-0.05, 0) is 33.0 Å². The van der Waals surface area contributed by atoms with Crippen LogP contribution >= 0.6 is 0 Å². The van der Waals surface area contributed by atoms with Gasteiger partial charge in [0, 0.05) is 57.8 Å². The molecule has 0 atom stereocenters. The molecule has 0 aromatic heterocycles. The van der Waals surface area contributed by atoms with E-state index in [1.165, 1.54) is 20.2 Å². The summed E-state index contributed by atoms with van der Waals surface area (Å²) in [7, 11) is -0.740. The second kappa shape index (κ2) is 12.0. The minimum Gasteiger partial charge on any atom is -0.337 e. The molecular weight excluding hydrogens is 468 g/mol. The molecule has 10 nitrogen and oxygen atoms in total. The maximum Gasteiger partial charge on any atom is 0.301 e. The molecule has 1 fully saturated rings. The first-order valence-electron chi connectivity index (χ1n) is 10.7. The largest absolute Gasteiger partial charge is 0.337 e. The zero-order valence-electron chi connectivity index (χ0n) is 20.0. The van der Waals surface area contributed by atoms with Gasteiger partial charge in [0.1, 0.15) is 5.82 Å². The van der Waals surface area contributed by atoms with Crippen molar-refractivity contribution < 1.29 is 22.0 Å². The number of allylic oxidation sites excluding steroid dienone is 1. The van der Waals surface area contributed by atoms with Gasteiger partial charge >= 0.3 is 10.2 Å². The Morgan fingerprint density at radius 3 is 2.47 bits per heavy atom. The first-order valence-corrected chi connectivity index (χ1v) is 12.1. The van der Waals surface area contributed by atoms with Crippen molar-refractivity contribution in [3.05, 3.63) is 41.1 Å². The molecule has 34 heavy (non-hydrogen) atoms. The van der Waals surface area contributed by atoms with Crippen LogP contribution in [0, 0.1) is 11.6 Å². The summed E-state index contributed by atoms with van der Waals surface area (Å²) < 4.78 is 56.7. The van der Waals surface area contributed by atoms with Crippen molar-refractivity contribution in [3.8, 4) is 0 Å². The lowest BCUT2D eigenvalue weighted by atomic mass is 10.0. The highest BCUT2D eigenvalue weighted by atomic mass is 32.2. The molecule has 0 aliphatic carbocycles. The number of carbonyl (C=O) groups is 1. The van der Waals surface area contributed by atoms with Crippen LogP contribution in [-0.4, -0.2) is 87.3 Å². The van der Waals surface area contributed by atoms with Crippen LogP contribution in [0.5, 0.6) is 0 Å². The summed E-state index contributed by atoms with van der Waals surface area (Å²) >= 11 is 0. The number of benzene rings is 1. The summed E-state index contributed by atoms with van der Waals surface area (Å²) in [6.07, 6.45) is 2.80. The second-order valence-corrected chi connectivity index (χ2v) is 9.46. The molecular formula is C21H31F2N7O3S. The SMILES string of the molecule is CC=N/C(=N\N/C=C(\C)C(=O)c1c(F)ccc(NS(=O)(=O)N(C)CC)c1F)N1CCN(C)CC1. The Morgan fingerprint density at radius 1 is 1.24 bits per heavy atom. The first-order chi connectivity index (χ1) is 16.0. The average Bonchev–Trinajstić information content (AvgIpc) is 2.80. The van der Waals surface area contributed by atoms with Gasteiger partial charge in [-0.3, -0.25) is 14.9 Å². The lowest BCUT2D eigenvalue weighted by Gasteiger charge is -2.32. The summed E-state index contributed by atoms with van der Waals surface area (Å²) in [6, 6.07) is 1.76. The molecule has 188 valence electrons. The molecule has 1 saturated heterocycles. The van der Waals surface area contributed by atoms with E-state index in [1.54, 1.807) is 20.1 Å². The number of piperazine rings is 1. The van der Waals surface area contributed by atoms with Crippen LogP contribution in [0.15, 0.2) is 34.0 Å². The molecule has 1 aliphatic heterocycles. The fourth-order valence-electron chi connectivity index (χ4n) is 2.98. The molecule has 13 heteroatoms. The molecule has 0 amide bonds. The molecule has 1 heterocycles. The van der Waals surface area contributed by atoms with Crippen molar-refractivity contribution in [1.29, 1.82) is 0 Å². The molecule has 0 spiro atoms. The lowest BCUT2D eigenvalue weighted by Crippen LogP contribution is -2.47. The van der Waals surface area contributed by atoms with Crippen LogP contribution in [0.4, 0.5) is 14.5 Å². The lowest BCUT2D eigenvalue weighted by molar-refractivity contribution is 0.102. The van der Waals surface area contributed by atoms with Crippen molar-refractivity contribution >= 4 is 33.9 Å². The van der Waals surface area contributed by atoms with E-state index in [2.05, 4.69) is 20.4 Å². The molecule has 0 radical (unpaired) electrons. The molecule has 0 unspecified atom stereocenters. The maximum atomic E-state index is 15.0. The van der Waals surface area contributed by atoms with Gasteiger partial charge in [0.15, 0.2) is 11.6 Å². The number of ketones is 1. The quantitative estimate of drug-likeness (QED) is 0.186. The number of hydrogen-bond acceptors (Lipinski definition) is 6. The first kappa shape index (κ1) is 27.3. The molecule has 2 rings (SSSR count). The third-order valence-corrected chi connectivity index (χ3v) is 6.80. The summed E-state index contributed by atoms with van der Waals surface area (Å²) in [5.74, 6) is -2.95. The smallest absolute Gasteiger partial charge is 0.301 e. The predicted octanol–water partition coefficient (Wildman–Crippen LogP) is 1.86. The number of hydrazone groups is 1. The normalized spacial score (nSPS) is 16.4. The number of halogens is 2. The molecule has 1 aromatic carbocycles. The monoisotopic (exact) mass is 499 g/mol. The fourth-order valence-corrected chi connectivity index (χ4v) is 3.91. The Labute approximate surface area is 199 Å².